The number of rotatable bonds is 3. The van der Waals surface area contributed by atoms with Gasteiger partial charge < -0.3 is 15.3 Å². The average molecular weight is 266 g/mol. The molecule has 0 aromatic carbocycles. The van der Waals surface area contributed by atoms with Crippen molar-refractivity contribution in [2.75, 3.05) is 27.2 Å². The second kappa shape index (κ2) is 6.79. The summed E-state index contributed by atoms with van der Waals surface area (Å²) in [4.78, 5) is 25.1. The van der Waals surface area contributed by atoms with Crippen molar-refractivity contribution in [1.29, 1.82) is 0 Å². The highest BCUT2D eigenvalue weighted by Gasteiger charge is 2.10. The molecule has 0 aliphatic carbocycles. The van der Waals surface area contributed by atoms with Crippen molar-refractivity contribution in [2.24, 2.45) is 0 Å². The van der Waals surface area contributed by atoms with Crippen LogP contribution in [0.1, 0.15) is 15.2 Å². The molecule has 0 saturated carbocycles. The topological polar surface area (TPSA) is 69.6 Å². The molecule has 1 rings (SSSR count). The van der Waals surface area contributed by atoms with Crippen molar-refractivity contribution >= 4 is 23.2 Å². The zero-order chi connectivity index (χ0) is 13.5. The zero-order valence-corrected chi connectivity index (χ0v) is 11.0. The highest BCUT2D eigenvalue weighted by atomic mass is 32.1. The largest absolute Gasteiger partial charge is 0.384 e. The van der Waals surface area contributed by atoms with Crippen molar-refractivity contribution < 1.29 is 14.7 Å². The summed E-state index contributed by atoms with van der Waals surface area (Å²) in [6, 6.07) is 1.63. The highest BCUT2D eigenvalue weighted by Crippen LogP contribution is 2.13. The van der Waals surface area contributed by atoms with Gasteiger partial charge in [-0.15, -0.1) is 11.3 Å². The third-order valence-corrected chi connectivity index (χ3v) is 2.90. The number of thiophene rings is 1. The Morgan fingerprint density at radius 3 is 2.83 bits per heavy atom. The molecule has 0 saturated heterocycles. The third-order valence-electron chi connectivity index (χ3n) is 2.05. The normalized spacial score (nSPS) is 9.28. The number of amides is 2. The van der Waals surface area contributed by atoms with Gasteiger partial charge in [0.05, 0.1) is 17.0 Å². The molecule has 0 unspecified atom stereocenters. The molecule has 0 atom stereocenters. The number of hydrogen-bond donors (Lipinski definition) is 2. The number of carbonyl (C=O) groups is 2. The first kappa shape index (κ1) is 14.2. The first-order chi connectivity index (χ1) is 8.54. The molecule has 18 heavy (non-hydrogen) atoms. The van der Waals surface area contributed by atoms with E-state index >= 15 is 0 Å². The summed E-state index contributed by atoms with van der Waals surface area (Å²) in [5.41, 5.74) is 0.466. The van der Waals surface area contributed by atoms with E-state index in [4.69, 9.17) is 5.11 Å². The van der Waals surface area contributed by atoms with Gasteiger partial charge in [-0.25, -0.2) is 0 Å². The van der Waals surface area contributed by atoms with Gasteiger partial charge in [-0.2, -0.15) is 0 Å². The second-order valence-electron chi connectivity index (χ2n) is 3.63. The van der Waals surface area contributed by atoms with Crippen LogP contribution in [-0.4, -0.2) is 49.1 Å². The van der Waals surface area contributed by atoms with Crippen LogP contribution < -0.4 is 5.32 Å². The lowest BCUT2D eigenvalue weighted by atomic mass is 10.3. The van der Waals surface area contributed by atoms with Crippen LogP contribution in [0.25, 0.3) is 0 Å². The van der Waals surface area contributed by atoms with Gasteiger partial charge in [-0.3, -0.25) is 9.59 Å². The summed E-state index contributed by atoms with van der Waals surface area (Å²) in [5, 5.41) is 12.7. The summed E-state index contributed by atoms with van der Waals surface area (Å²) >= 11 is 1.32. The lowest BCUT2D eigenvalue weighted by Gasteiger charge is -2.10. The van der Waals surface area contributed by atoms with Crippen LogP contribution in [0.5, 0.6) is 0 Å². The fourth-order valence-corrected chi connectivity index (χ4v) is 1.82. The van der Waals surface area contributed by atoms with Crippen molar-refractivity contribution in [3.05, 3.63) is 21.9 Å². The van der Waals surface area contributed by atoms with Crippen LogP contribution in [0.15, 0.2) is 11.4 Å². The van der Waals surface area contributed by atoms with Gasteiger partial charge in [0.15, 0.2) is 0 Å². The SMILES string of the molecule is CN(C)C(=O)CNC(=O)c1csc(C#CCO)c1. The summed E-state index contributed by atoms with van der Waals surface area (Å²) in [5.74, 6) is 4.75. The maximum Gasteiger partial charge on any atom is 0.252 e. The first-order valence-electron chi connectivity index (χ1n) is 5.21. The Labute approximate surface area is 109 Å². The Balaban J connectivity index is 2.57. The van der Waals surface area contributed by atoms with E-state index in [1.165, 1.54) is 16.2 Å². The minimum absolute atomic E-state index is 0.0284. The smallest absolute Gasteiger partial charge is 0.252 e. The molecule has 1 aromatic rings. The number of aliphatic hydroxyl groups excluding tert-OH is 1. The first-order valence-corrected chi connectivity index (χ1v) is 6.09. The Kier molecular flexibility index (Phi) is 5.36. The molecule has 2 N–H and O–H groups in total. The van der Waals surface area contributed by atoms with E-state index in [9.17, 15) is 9.59 Å². The Morgan fingerprint density at radius 1 is 1.50 bits per heavy atom. The molecule has 96 valence electrons. The zero-order valence-electron chi connectivity index (χ0n) is 10.2. The predicted octanol–water partition coefficient (Wildman–Crippen LogP) is -0.0901. The van der Waals surface area contributed by atoms with Gasteiger partial charge in [-0.05, 0) is 6.07 Å². The molecular weight excluding hydrogens is 252 g/mol. The van der Waals surface area contributed by atoms with E-state index in [1.54, 1.807) is 25.5 Å². The van der Waals surface area contributed by atoms with E-state index in [1.807, 2.05) is 0 Å². The van der Waals surface area contributed by atoms with Crippen LogP contribution in [0.3, 0.4) is 0 Å². The fourth-order valence-electron chi connectivity index (χ4n) is 1.06. The number of likely N-dealkylation sites (N-methyl/N-ethyl adjacent to an activating group) is 1. The van der Waals surface area contributed by atoms with E-state index < -0.39 is 0 Å². The number of nitrogens with zero attached hydrogens (tertiary/aromatic N) is 1. The minimum atomic E-state index is -0.307. The molecule has 0 radical (unpaired) electrons. The van der Waals surface area contributed by atoms with Gasteiger partial charge in [0.25, 0.3) is 5.91 Å². The number of nitrogens with one attached hydrogen (secondary N) is 1. The van der Waals surface area contributed by atoms with E-state index in [0.29, 0.717) is 10.4 Å². The second-order valence-corrected chi connectivity index (χ2v) is 4.54. The van der Waals surface area contributed by atoms with Crippen LogP contribution in [-0.2, 0) is 4.79 Å². The maximum atomic E-state index is 11.7. The van der Waals surface area contributed by atoms with E-state index in [0.717, 1.165) is 0 Å². The van der Waals surface area contributed by atoms with E-state index in [-0.39, 0.29) is 25.0 Å². The predicted molar refractivity (Wildman–Crippen MR) is 69.3 cm³/mol. The molecule has 2 amide bonds. The summed E-state index contributed by atoms with van der Waals surface area (Å²) in [7, 11) is 3.25. The van der Waals surface area contributed by atoms with Crippen LogP contribution in [0.4, 0.5) is 0 Å². The monoisotopic (exact) mass is 266 g/mol. The maximum absolute atomic E-state index is 11.7. The molecule has 1 aromatic heterocycles. The van der Waals surface area contributed by atoms with Crippen molar-refractivity contribution in [3.63, 3.8) is 0 Å². The lowest BCUT2D eigenvalue weighted by molar-refractivity contribution is -0.127. The molecule has 0 aliphatic rings. The number of aliphatic hydroxyl groups is 1. The molecule has 0 spiro atoms. The quantitative estimate of drug-likeness (QED) is 0.751. The number of hydrogen-bond acceptors (Lipinski definition) is 4. The van der Waals surface area contributed by atoms with Crippen LogP contribution in [0.2, 0.25) is 0 Å². The van der Waals surface area contributed by atoms with Gasteiger partial charge in [0.1, 0.15) is 6.61 Å². The summed E-state index contributed by atoms with van der Waals surface area (Å²) < 4.78 is 0. The molecular formula is C12H14N2O3S. The van der Waals surface area contributed by atoms with E-state index in [2.05, 4.69) is 17.2 Å². The van der Waals surface area contributed by atoms with Crippen molar-refractivity contribution in [3.8, 4) is 11.8 Å². The molecule has 5 nitrogen and oxygen atoms in total. The van der Waals surface area contributed by atoms with Gasteiger partial charge >= 0.3 is 0 Å². The van der Waals surface area contributed by atoms with Crippen LogP contribution in [0, 0.1) is 11.8 Å². The van der Waals surface area contributed by atoms with Gasteiger partial charge in [-0.1, -0.05) is 11.8 Å². The molecule has 6 heteroatoms. The highest BCUT2D eigenvalue weighted by molar-refractivity contribution is 7.10. The number of carbonyl (C=O) groups excluding carboxylic acids is 2. The van der Waals surface area contributed by atoms with Gasteiger partial charge in [0, 0.05) is 19.5 Å². The van der Waals surface area contributed by atoms with Crippen LogP contribution >= 0.6 is 11.3 Å². The van der Waals surface area contributed by atoms with Gasteiger partial charge in [0.2, 0.25) is 5.91 Å². The summed E-state index contributed by atoms with van der Waals surface area (Å²) in [6.45, 7) is -0.240. The third kappa shape index (κ3) is 4.20. The molecule has 0 aliphatic heterocycles. The Hall–Kier alpha value is -1.84. The Bertz CT molecular complexity index is 497. The summed E-state index contributed by atoms with van der Waals surface area (Å²) in [6.07, 6.45) is 0. The molecule has 0 fully saturated rings. The molecule has 0 bridgehead atoms. The lowest BCUT2D eigenvalue weighted by Crippen LogP contribution is -2.36. The van der Waals surface area contributed by atoms with Crippen molar-refractivity contribution in [2.45, 2.75) is 0 Å². The van der Waals surface area contributed by atoms with Crippen molar-refractivity contribution in [1.82, 2.24) is 10.2 Å². The fraction of sp³-hybridized carbons (Fsp3) is 0.333. The minimum Gasteiger partial charge on any atom is -0.384 e. The average Bonchev–Trinajstić information content (AvgIpc) is 2.81. The molecule has 1 heterocycles. The standard InChI is InChI=1S/C12H14N2O3S/c1-14(2)11(16)7-13-12(17)9-6-10(18-8-9)4-3-5-15/h6,8,15H,5,7H2,1-2H3,(H,13,17). The Morgan fingerprint density at radius 2 is 2.22 bits per heavy atom.